The SMILES string of the molecule is Cc1nnc(CCc2cc(C(=O)NCCC(F)(F)F)ccc2F)o1. The summed E-state index contributed by atoms with van der Waals surface area (Å²) < 4.78 is 55.2. The van der Waals surface area contributed by atoms with E-state index in [4.69, 9.17) is 4.42 Å². The molecule has 0 saturated carbocycles. The van der Waals surface area contributed by atoms with Crippen LogP contribution in [0.25, 0.3) is 0 Å². The minimum absolute atomic E-state index is 0.0929. The third-order valence-corrected chi connectivity index (χ3v) is 3.18. The molecule has 1 heterocycles. The van der Waals surface area contributed by atoms with Gasteiger partial charge in [-0.25, -0.2) is 4.39 Å². The monoisotopic (exact) mass is 345 g/mol. The van der Waals surface area contributed by atoms with Gasteiger partial charge in [0.25, 0.3) is 5.91 Å². The smallest absolute Gasteiger partial charge is 0.390 e. The van der Waals surface area contributed by atoms with Gasteiger partial charge in [0.05, 0.1) is 6.42 Å². The molecule has 2 aromatic rings. The van der Waals surface area contributed by atoms with Gasteiger partial charge in [0.2, 0.25) is 11.8 Å². The van der Waals surface area contributed by atoms with Gasteiger partial charge >= 0.3 is 6.18 Å². The van der Waals surface area contributed by atoms with Crippen LogP contribution in [0.5, 0.6) is 0 Å². The number of nitrogens with one attached hydrogen (secondary N) is 1. The predicted molar refractivity (Wildman–Crippen MR) is 75.8 cm³/mol. The molecule has 0 unspecified atom stereocenters. The van der Waals surface area contributed by atoms with Crippen LogP contribution in [0.4, 0.5) is 17.6 Å². The molecule has 0 saturated heterocycles. The van der Waals surface area contributed by atoms with E-state index in [1.807, 2.05) is 0 Å². The molecule has 0 aliphatic carbocycles. The molecule has 2 rings (SSSR count). The van der Waals surface area contributed by atoms with Crippen LogP contribution < -0.4 is 5.32 Å². The van der Waals surface area contributed by atoms with Crippen molar-refractivity contribution in [1.82, 2.24) is 15.5 Å². The van der Waals surface area contributed by atoms with Crippen LogP contribution in [0.1, 0.15) is 34.1 Å². The number of carbonyl (C=O) groups is 1. The van der Waals surface area contributed by atoms with Crippen LogP contribution in [0.15, 0.2) is 22.6 Å². The Bertz CT molecular complexity index is 713. The first-order valence-electron chi connectivity index (χ1n) is 7.17. The standard InChI is InChI=1S/C15H15F4N3O2/c1-9-21-22-13(24-9)5-3-10-8-11(2-4-12(10)16)14(23)20-7-6-15(17,18)19/h2,4,8H,3,5-7H2,1H3,(H,20,23). The van der Waals surface area contributed by atoms with Crippen molar-refractivity contribution in [1.29, 1.82) is 0 Å². The highest BCUT2D eigenvalue weighted by Gasteiger charge is 2.26. The van der Waals surface area contributed by atoms with E-state index in [1.165, 1.54) is 12.1 Å². The topological polar surface area (TPSA) is 68.0 Å². The fourth-order valence-electron chi connectivity index (χ4n) is 2.01. The second kappa shape index (κ2) is 7.41. The molecule has 0 aliphatic rings. The Morgan fingerprint density at radius 2 is 2.00 bits per heavy atom. The molecule has 1 amide bonds. The van der Waals surface area contributed by atoms with Gasteiger partial charge in [-0.05, 0) is 30.2 Å². The third kappa shape index (κ3) is 5.32. The van der Waals surface area contributed by atoms with Crippen LogP contribution in [0, 0.1) is 12.7 Å². The van der Waals surface area contributed by atoms with Crippen molar-refractivity contribution in [2.24, 2.45) is 0 Å². The average Bonchev–Trinajstić information content (AvgIpc) is 2.90. The number of hydrogen-bond acceptors (Lipinski definition) is 4. The zero-order chi connectivity index (χ0) is 17.7. The summed E-state index contributed by atoms with van der Waals surface area (Å²) in [5, 5.41) is 9.60. The fraction of sp³-hybridized carbons (Fsp3) is 0.400. The van der Waals surface area contributed by atoms with Crippen molar-refractivity contribution in [2.45, 2.75) is 32.4 Å². The van der Waals surface area contributed by atoms with Gasteiger partial charge in [0, 0.05) is 25.5 Å². The lowest BCUT2D eigenvalue weighted by Crippen LogP contribution is -2.28. The lowest BCUT2D eigenvalue weighted by molar-refractivity contribution is -0.132. The minimum Gasteiger partial charge on any atom is -0.426 e. The van der Waals surface area contributed by atoms with E-state index < -0.39 is 30.9 Å². The summed E-state index contributed by atoms with van der Waals surface area (Å²) in [6.07, 6.45) is -4.96. The van der Waals surface area contributed by atoms with Crippen LogP contribution in [-0.4, -0.2) is 28.8 Å². The molecule has 1 aromatic carbocycles. The van der Waals surface area contributed by atoms with Crippen molar-refractivity contribution in [3.8, 4) is 0 Å². The van der Waals surface area contributed by atoms with E-state index >= 15 is 0 Å². The molecule has 0 bridgehead atoms. The van der Waals surface area contributed by atoms with Gasteiger partial charge in [-0.3, -0.25) is 4.79 Å². The minimum atomic E-state index is -4.34. The first-order chi connectivity index (χ1) is 11.2. The maximum absolute atomic E-state index is 13.8. The van der Waals surface area contributed by atoms with Crippen molar-refractivity contribution in [2.75, 3.05) is 6.54 Å². The highest BCUT2D eigenvalue weighted by molar-refractivity contribution is 5.94. The predicted octanol–water partition coefficient (Wildman–Crippen LogP) is 2.98. The van der Waals surface area contributed by atoms with Crippen LogP contribution in [0.3, 0.4) is 0 Å². The summed E-state index contributed by atoms with van der Waals surface area (Å²) in [5.74, 6) is -0.470. The van der Waals surface area contributed by atoms with Gasteiger partial charge < -0.3 is 9.73 Å². The van der Waals surface area contributed by atoms with Crippen molar-refractivity contribution >= 4 is 5.91 Å². The molecular weight excluding hydrogens is 330 g/mol. The Morgan fingerprint density at radius 3 is 2.62 bits per heavy atom. The number of amides is 1. The van der Waals surface area contributed by atoms with Crippen molar-refractivity contribution in [3.05, 3.63) is 46.9 Å². The number of aromatic nitrogens is 2. The first kappa shape index (κ1) is 17.9. The summed E-state index contributed by atoms with van der Waals surface area (Å²) >= 11 is 0. The average molecular weight is 345 g/mol. The van der Waals surface area contributed by atoms with Crippen LogP contribution in [0.2, 0.25) is 0 Å². The Labute approximate surface area is 135 Å². The number of aryl methyl sites for hydroxylation is 3. The van der Waals surface area contributed by atoms with Gasteiger partial charge in [0.15, 0.2) is 0 Å². The zero-order valence-electron chi connectivity index (χ0n) is 12.8. The van der Waals surface area contributed by atoms with Gasteiger partial charge in [-0.15, -0.1) is 10.2 Å². The molecule has 0 aliphatic heterocycles. The quantitative estimate of drug-likeness (QED) is 0.818. The third-order valence-electron chi connectivity index (χ3n) is 3.18. The number of hydrogen-bond donors (Lipinski definition) is 1. The normalized spacial score (nSPS) is 11.5. The summed E-state index contributed by atoms with van der Waals surface area (Å²) in [5.41, 5.74) is 0.338. The molecule has 0 atom stereocenters. The van der Waals surface area contributed by atoms with E-state index in [9.17, 15) is 22.4 Å². The van der Waals surface area contributed by atoms with Crippen LogP contribution in [-0.2, 0) is 12.8 Å². The van der Waals surface area contributed by atoms with Crippen molar-refractivity contribution in [3.63, 3.8) is 0 Å². The maximum Gasteiger partial charge on any atom is 0.390 e. The number of nitrogens with zero attached hydrogens (tertiary/aromatic N) is 2. The van der Waals surface area contributed by atoms with E-state index in [0.717, 1.165) is 6.07 Å². The van der Waals surface area contributed by atoms with Gasteiger partial charge in [0.1, 0.15) is 5.82 Å². The molecule has 0 fully saturated rings. The lowest BCUT2D eigenvalue weighted by Gasteiger charge is -2.09. The molecule has 1 aromatic heterocycles. The second-order valence-electron chi connectivity index (χ2n) is 5.14. The molecule has 9 heteroatoms. The highest BCUT2D eigenvalue weighted by atomic mass is 19.4. The molecule has 24 heavy (non-hydrogen) atoms. The van der Waals surface area contributed by atoms with Crippen molar-refractivity contribution < 1.29 is 26.8 Å². The number of alkyl halides is 3. The lowest BCUT2D eigenvalue weighted by atomic mass is 10.0. The summed E-state index contributed by atoms with van der Waals surface area (Å²) in [7, 11) is 0. The molecule has 5 nitrogen and oxygen atoms in total. The number of rotatable bonds is 6. The highest BCUT2D eigenvalue weighted by Crippen LogP contribution is 2.18. The van der Waals surface area contributed by atoms with E-state index in [-0.39, 0.29) is 24.0 Å². The van der Waals surface area contributed by atoms with Crippen LogP contribution >= 0.6 is 0 Å². The molecule has 0 radical (unpaired) electrons. The summed E-state index contributed by atoms with van der Waals surface area (Å²) in [6, 6.07) is 3.63. The number of carbonyl (C=O) groups excluding carboxylic acids is 1. The zero-order valence-corrected chi connectivity index (χ0v) is 12.8. The largest absolute Gasteiger partial charge is 0.426 e. The molecule has 1 N–H and O–H groups in total. The summed E-state index contributed by atoms with van der Waals surface area (Å²) in [4.78, 5) is 11.8. The molecule has 0 spiro atoms. The Kier molecular flexibility index (Phi) is 5.53. The van der Waals surface area contributed by atoms with E-state index in [0.29, 0.717) is 11.8 Å². The first-order valence-corrected chi connectivity index (χ1v) is 7.17. The van der Waals surface area contributed by atoms with Gasteiger partial charge in [-0.2, -0.15) is 13.2 Å². The van der Waals surface area contributed by atoms with E-state index in [2.05, 4.69) is 15.5 Å². The maximum atomic E-state index is 13.8. The Hall–Kier alpha value is -2.45. The second-order valence-corrected chi connectivity index (χ2v) is 5.14. The number of benzene rings is 1. The Morgan fingerprint density at radius 1 is 1.25 bits per heavy atom. The number of halogens is 4. The van der Waals surface area contributed by atoms with Gasteiger partial charge in [-0.1, -0.05) is 0 Å². The fourth-order valence-corrected chi connectivity index (χ4v) is 2.01. The molecular formula is C15H15F4N3O2. The Balaban J connectivity index is 1.98. The van der Waals surface area contributed by atoms with E-state index in [1.54, 1.807) is 6.92 Å². The molecule has 130 valence electrons. The summed E-state index contributed by atoms with van der Waals surface area (Å²) in [6.45, 7) is 1.10.